The Morgan fingerprint density at radius 2 is 1.87 bits per heavy atom. The second-order valence-corrected chi connectivity index (χ2v) is 9.61. The number of piperidine rings is 1. The molecule has 2 saturated heterocycles. The van der Waals surface area contributed by atoms with Crippen LogP contribution in [0.1, 0.15) is 63.4 Å². The predicted molar refractivity (Wildman–Crippen MR) is 119 cm³/mol. The molecule has 3 rings (SSSR count). The number of carbonyl (C=O) groups is 2. The molecular formula is C23H39N5O3. The number of aliphatic hydroxyl groups is 1. The van der Waals surface area contributed by atoms with Crippen molar-refractivity contribution >= 4 is 11.8 Å². The third kappa shape index (κ3) is 4.37. The number of unbranched alkanes of at least 4 members (excludes halogenated alkanes) is 1. The number of aryl methyl sites for hydroxylation is 2. The van der Waals surface area contributed by atoms with Crippen LogP contribution in [0.4, 0.5) is 0 Å². The summed E-state index contributed by atoms with van der Waals surface area (Å²) in [7, 11) is 1.96. The van der Waals surface area contributed by atoms with Crippen LogP contribution in [0.25, 0.3) is 0 Å². The van der Waals surface area contributed by atoms with E-state index in [4.69, 9.17) is 0 Å². The van der Waals surface area contributed by atoms with Gasteiger partial charge in [-0.1, -0.05) is 27.2 Å². The van der Waals surface area contributed by atoms with Gasteiger partial charge in [-0.2, -0.15) is 5.10 Å². The maximum Gasteiger partial charge on any atom is 0.248 e. The normalized spacial score (nSPS) is 23.0. The molecule has 0 saturated carbocycles. The lowest BCUT2D eigenvalue weighted by atomic mass is 9.80. The van der Waals surface area contributed by atoms with E-state index in [0.717, 1.165) is 38.2 Å². The summed E-state index contributed by atoms with van der Waals surface area (Å²) in [5, 5.41) is 18.0. The van der Waals surface area contributed by atoms with Gasteiger partial charge in [-0.3, -0.25) is 19.2 Å². The van der Waals surface area contributed by atoms with Crippen molar-refractivity contribution in [2.24, 2.45) is 13.0 Å². The van der Waals surface area contributed by atoms with Gasteiger partial charge in [-0.25, -0.2) is 0 Å². The van der Waals surface area contributed by atoms with Gasteiger partial charge in [0.1, 0.15) is 11.6 Å². The van der Waals surface area contributed by atoms with E-state index in [1.165, 1.54) is 11.3 Å². The lowest BCUT2D eigenvalue weighted by molar-refractivity contribution is -0.165. The zero-order valence-corrected chi connectivity index (χ0v) is 19.9. The molecular weight excluding hydrogens is 394 g/mol. The molecule has 1 aromatic rings. The number of carbonyl (C=O) groups excluding carboxylic acids is 2. The van der Waals surface area contributed by atoms with Gasteiger partial charge >= 0.3 is 0 Å². The highest BCUT2D eigenvalue weighted by Gasteiger charge is 2.54. The Morgan fingerprint density at radius 1 is 1.23 bits per heavy atom. The molecule has 8 nitrogen and oxygen atoms in total. The molecule has 2 fully saturated rings. The third-order valence-electron chi connectivity index (χ3n) is 7.24. The summed E-state index contributed by atoms with van der Waals surface area (Å²) in [5.74, 6) is -0.355. The van der Waals surface area contributed by atoms with Gasteiger partial charge in [-0.05, 0) is 39.0 Å². The van der Waals surface area contributed by atoms with Gasteiger partial charge in [0.2, 0.25) is 11.8 Å². The Balaban J connectivity index is 1.78. The topological polar surface area (TPSA) is 90.7 Å². The fraction of sp³-hybridized carbons (Fsp3) is 0.783. The van der Waals surface area contributed by atoms with Gasteiger partial charge in [0.05, 0.1) is 11.8 Å². The number of aromatic nitrogens is 2. The molecule has 31 heavy (non-hydrogen) atoms. The van der Waals surface area contributed by atoms with Crippen LogP contribution in [0.2, 0.25) is 0 Å². The highest BCUT2D eigenvalue weighted by atomic mass is 16.3. The van der Waals surface area contributed by atoms with Crippen molar-refractivity contribution in [2.75, 3.05) is 19.6 Å². The third-order valence-corrected chi connectivity index (χ3v) is 7.24. The van der Waals surface area contributed by atoms with Crippen LogP contribution in [-0.2, 0) is 23.2 Å². The number of aliphatic hydroxyl groups excluding tert-OH is 1. The first-order chi connectivity index (χ1) is 14.6. The first kappa shape index (κ1) is 23.7. The molecule has 2 unspecified atom stereocenters. The smallest absolute Gasteiger partial charge is 0.248 e. The van der Waals surface area contributed by atoms with Crippen molar-refractivity contribution in [2.45, 2.75) is 84.5 Å². The van der Waals surface area contributed by atoms with Gasteiger partial charge < -0.3 is 15.3 Å². The molecule has 2 N–H and O–H groups in total. The highest BCUT2D eigenvalue weighted by Crippen LogP contribution is 2.35. The summed E-state index contributed by atoms with van der Waals surface area (Å²) in [4.78, 5) is 30.9. The zero-order chi connectivity index (χ0) is 22.9. The van der Waals surface area contributed by atoms with Crippen molar-refractivity contribution in [1.82, 2.24) is 24.9 Å². The van der Waals surface area contributed by atoms with E-state index in [1.54, 1.807) is 4.90 Å². The monoisotopic (exact) mass is 433 g/mol. The Hall–Kier alpha value is -1.93. The summed E-state index contributed by atoms with van der Waals surface area (Å²) >= 11 is 0. The molecule has 2 aliphatic heterocycles. The molecule has 2 atom stereocenters. The SMILES string of the molecule is CCCCN1C(=O)C(C(O)C(C)C)NC(=O)C12CCN(Cc1c(C)nn(C)c1C)CC2. The average molecular weight is 434 g/mol. The van der Waals surface area contributed by atoms with Crippen molar-refractivity contribution in [1.29, 1.82) is 0 Å². The highest BCUT2D eigenvalue weighted by molar-refractivity contribution is 6.00. The fourth-order valence-corrected chi connectivity index (χ4v) is 4.94. The fourth-order valence-electron chi connectivity index (χ4n) is 4.94. The van der Waals surface area contributed by atoms with Crippen LogP contribution >= 0.6 is 0 Å². The number of amides is 2. The summed E-state index contributed by atoms with van der Waals surface area (Å²) in [6.07, 6.45) is 2.14. The van der Waals surface area contributed by atoms with E-state index in [-0.39, 0.29) is 17.7 Å². The van der Waals surface area contributed by atoms with Crippen molar-refractivity contribution in [3.63, 3.8) is 0 Å². The van der Waals surface area contributed by atoms with E-state index >= 15 is 0 Å². The summed E-state index contributed by atoms with van der Waals surface area (Å²) in [6.45, 7) is 12.8. The van der Waals surface area contributed by atoms with Crippen LogP contribution in [0, 0.1) is 19.8 Å². The molecule has 1 aromatic heterocycles. The number of piperazine rings is 1. The Bertz CT molecular complexity index is 810. The molecule has 0 aromatic carbocycles. The van der Waals surface area contributed by atoms with Gasteiger partial charge in [-0.15, -0.1) is 0 Å². The first-order valence-electron chi connectivity index (χ1n) is 11.6. The molecule has 2 aliphatic rings. The summed E-state index contributed by atoms with van der Waals surface area (Å²) in [5.41, 5.74) is 2.64. The molecule has 0 aliphatic carbocycles. The van der Waals surface area contributed by atoms with E-state index in [2.05, 4.69) is 29.2 Å². The molecule has 2 amide bonds. The molecule has 1 spiro atoms. The summed E-state index contributed by atoms with van der Waals surface area (Å²) < 4.78 is 1.91. The van der Waals surface area contributed by atoms with Crippen LogP contribution in [0.5, 0.6) is 0 Å². The van der Waals surface area contributed by atoms with E-state index in [0.29, 0.717) is 19.4 Å². The second kappa shape index (κ2) is 9.28. The minimum absolute atomic E-state index is 0.107. The number of nitrogens with zero attached hydrogens (tertiary/aromatic N) is 4. The quantitative estimate of drug-likeness (QED) is 0.680. The largest absolute Gasteiger partial charge is 0.390 e. The number of rotatable bonds is 7. The number of nitrogens with one attached hydrogen (secondary N) is 1. The van der Waals surface area contributed by atoms with Crippen LogP contribution in [0.15, 0.2) is 0 Å². The van der Waals surface area contributed by atoms with Gasteiger partial charge in [0, 0.05) is 44.5 Å². The van der Waals surface area contributed by atoms with Crippen molar-refractivity contribution < 1.29 is 14.7 Å². The molecule has 0 bridgehead atoms. The second-order valence-electron chi connectivity index (χ2n) is 9.61. The molecule has 3 heterocycles. The lowest BCUT2D eigenvalue weighted by Gasteiger charge is -2.52. The van der Waals surface area contributed by atoms with Crippen LogP contribution in [0.3, 0.4) is 0 Å². The van der Waals surface area contributed by atoms with Crippen molar-refractivity contribution in [3.8, 4) is 0 Å². The molecule has 8 heteroatoms. The Labute approximate surface area is 186 Å². The van der Waals surface area contributed by atoms with Crippen LogP contribution < -0.4 is 5.32 Å². The predicted octanol–water partition coefficient (Wildman–Crippen LogP) is 1.52. The number of hydrogen-bond acceptors (Lipinski definition) is 5. The van der Waals surface area contributed by atoms with Gasteiger partial charge in [0.15, 0.2) is 0 Å². The van der Waals surface area contributed by atoms with E-state index < -0.39 is 17.7 Å². The number of likely N-dealkylation sites (tertiary alicyclic amines) is 1. The molecule has 174 valence electrons. The maximum atomic E-state index is 13.4. The van der Waals surface area contributed by atoms with Gasteiger partial charge in [0.25, 0.3) is 0 Å². The van der Waals surface area contributed by atoms with Crippen molar-refractivity contribution in [3.05, 3.63) is 17.0 Å². The average Bonchev–Trinajstić information content (AvgIpc) is 2.97. The first-order valence-corrected chi connectivity index (χ1v) is 11.6. The zero-order valence-electron chi connectivity index (χ0n) is 19.9. The van der Waals surface area contributed by atoms with Crippen LogP contribution in [-0.4, -0.2) is 73.8 Å². The van der Waals surface area contributed by atoms with E-state index in [1.807, 2.05) is 32.5 Å². The van der Waals surface area contributed by atoms with E-state index in [9.17, 15) is 14.7 Å². The number of hydrogen-bond donors (Lipinski definition) is 2. The molecule has 0 radical (unpaired) electrons. The minimum atomic E-state index is -0.880. The standard InChI is InChI=1S/C23H39N5O3/c1-7-8-11-28-21(30)19(20(29)15(2)3)24-22(31)23(28)9-12-27(13-10-23)14-18-16(4)25-26(6)17(18)5/h15,19-20,29H,7-14H2,1-6H3,(H,24,31). The lowest BCUT2D eigenvalue weighted by Crippen LogP contribution is -2.74. The Morgan fingerprint density at radius 3 is 2.39 bits per heavy atom. The minimum Gasteiger partial charge on any atom is -0.390 e. The summed E-state index contributed by atoms with van der Waals surface area (Å²) in [6, 6.07) is -0.853. The Kier molecular flexibility index (Phi) is 7.11. The maximum absolute atomic E-state index is 13.4.